The summed E-state index contributed by atoms with van der Waals surface area (Å²) in [5, 5.41) is 0. The Labute approximate surface area is 199 Å². The normalized spacial score (nSPS) is 12.2. The van der Waals surface area contributed by atoms with E-state index >= 15 is 0 Å². The molecule has 0 heterocycles. The number of carbonyl (C=O) groups excluding carboxylic acids is 1. The number of esters is 1. The molecule has 0 aliphatic heterocycles. The summed E-state index contributed by atoms with van der Waals surface area (Å²) >= 11 is 0. The fraction of sp³-hybridized carbons (Fsp3) is 0.962. The van der Waals surface area contributed by atoms with Crippen LogP contribution >= 0.6 is 7.60 Å². The summed E-state index contributed by atoms with van der Waals surface area (Å²) in [6.07, 6.45) is 23.3. The van der Waals surface area contributed by atoms with E-state index in [1.54, 1.807) is 6.92 Å². The second-order valence-corrected chi connectivity index (χ2v) is 10.8. The molecule has 0 aliphatic carbocycles. The van der Waals surface area contributed by atoms with Gasteiger partial charge in [0.05, 0.1) is 6.61 Å². The molecule has 1 unspecified atom stereocenters. The zero-order valence-corrected chi connectivity index (χ0v) is 22.7. The summed E-state index contributed by atoms with van der Waals surface area (Å²) in [5.41, 5.74) is -1.31. The molecule has 0 aliphatic rings. The van der Waals surface area contributed by atoms with E-state index in [0.717, 1.165) is 19.3 Å². The summed E-state index contributed by atoms with van der Waals surface area (Å²) in [5.74, 6) is -0.767. The Morgan fingerprint density at radius 1 is 0.625 bits per heavy atom. The molecule has 0 saturated heterocycles. The quantitative estimate of drug-likeness (QED) is 0.0980. The highest BCUT2D eigenvalue weighted by Gasteiger charge is 2.35. The largest absolute Gasteiger partial charge is 0.465 e. The second-order valence-electron chi connectivity index (χ2n) is 8.98. The van der Waals surface area contributed by atoms with Gasteiger partial charge in [-0.3, -0.25) is 9.36 Å². The van der Waals surface area contributed by atoms with Crippen molar-refractivity contribution in [2.45, 2.75) is 155 Å². The second kappa shape index (κ2) is 25.2. The molecule has 0 fully saturated rings. The van der Waals surface area contributed by atoms with Gasteiger partial charge >= 0.3 is 13.6 Å². The Morgan fingerprint density at radius 3 is 1.25 bits per heavy atom. The van der Waals surface area contributed by atoms with E-state index in [1.165, 1.54) is 96.3 Å². The van der Waals surface area contributed by atoms with Gasteiger partial charge in [0.15, 0.2) is 5.66 Å². The van der Waals surface area contributed by atoms with Gasteiger partial charge in [-0.15, -0.1) is 0 Å². The van der Waals surface area contributed by atoms with Crippen molar-refractivity contribution >= 4 is 13.6 Å². The summed E-state index contributed by atoms with van der Waals surface area (Å²) in [6.45, 7) is 8.46. The Morgan fingerprint density at radius 2 is 0.969 bits per heavy atom. The smallest absolute Gasteiger partial charge is 0.339 e. The average molecular weight is 479 g/mol. The summed E-state index contributed by atoms with van der Waals surface area (Å²) in [7, 11) is -4.40. The van der Waals surface area contributed by atoms with Crippen molar-refractivity contribution in [1.82, 2.24) is 0 Å². The van der Waals surface area contributed by atoms with E-state index in [9.17, 15) is 9.36 Å². The Hall–Kier alpha value is -0.380. The van der Waals surface area contributed by atoms with Gasteiger partial charge < -0.3 is 14.5 Å². The number of hydrogen-bond donors (Lipinski definition) is 2. The van der Waals surface area contributed by atoms with Gasteiger partial charge in [-0.1, -0.05) is 137 Å². The number of carbonyl (C=O) groups is 1. The molecule has 0 radical (unpaired) electrons. The van der Waals surface area contributed by atoms with Gasteiger partial charge in [-0.05, 0) is 12.8 Å². The molecular formula is C26H55O5P. The maximum Gasteiger partial charge on any atom is 0.339 e. The minimum absolute atomic E-state index is 0.0993. The van der Waals surface area contributed by atoms with Crippen LogP contribution < -0.4 is 0 Å². The predicted octanol–water partition coefficient (Wildman–Crippen LogP) is 8.55. The number of rotatable bonds is 21. The summed E-state index contributed by atoms with van der Waals surface area (Å²) in [4.78, 5) is 29.9. The topological polar surface area (TPSA) is 83.8 Å². The summed E-state index contributed by atoms with van der Waals surface area (Å²) in [6, 6.07) is 0. The lowest BCUT2D eigenvalue weighted by atomic mass is 10.0. The van der Waals surface area contributed by atoms with E-state index < -0.39 is 19.2 Å². The molecule has 5 nitrogen and oxygen atoms in total. The van der Waals surface area contributed by atoms with Gasteiger partial charge in [0.2, 0.25) is 0 Å². The molecule has 0 aromatic rings. The van der Waals surface area contributed by atoms with Gasteiger partial charge in [0, 0.05) is 0 Å². The number of unbranched alkanes of at least 4 members (excludes halogenated alkanes) is 16. The maximum atomic E-state index is 11.7. The van der Waals surface area contributed by atoms with Gasteiger partial charge in [-0.25, -0.2) is 0 Å². The third-order valence-corrected chi connectivity index (χ3v) is 7.19. The van der Waals surface area contributed by atoms with Crippen LogP contribution in [0.25, 0.3) is 0 Å². The number of hydrogen-bond acceptors (Lipinski definition) is 3. The van der Waals surface area contributed by atoms with Crippen LogP contribution in [-0.2, 0) is 14.1 Å². The van der Waals surface area contributed by atoms with Gasteiger partial charge in [0.25, 0.3) is 0 Å². The van der Waals surface area contributed by atoms with E-state index in [1.807, 2.05) is 0 Å². The molecule has 0 aromatic carbocycles. The van der Waals surface area contributed by atoms with Crippen LogP contribution in [0.4, 0.5) is 0 Å². The highest BCUT2D eigenvalue weighted by atomic mass is 31.2. The molecule has 0 aromatic heterocycles. The van der Waals surface area contributed by atoms with Crippen LogP contribution in [0.3, 0.4) is 0 Å². The molecule has 1 atom stereocenters. The zero-order valence-electron chi connectivity index (χ0n) is 21.8. The van der Waals surface area contributed by atoms with E-state index in [2.05, 4.69) is 20.8 Å². The summed E-state index contributed by atoms with van der Waals surface area (Å²) < 4.78 is 16.2. The van der Waals surface area contributed by atoms with Crippen molar-refractivity contribution in [3.63, 3.8) is 0 Å². The van der Waals surface area contributed by atoms with Crippen molar-refractivity contribution in [1.29, 1.82) is 0 Å². The molecule has 6 heteroatoms. The fourth-order valence-electron chi connectivity index (χ4n) is 3.46. The molecular weight excluding hydrogens is 423 g/mol. The van der Waals surface area contributed by atoms with Crippen molar-refractivity contribution in [3.8, 4) is 0 Å². The molecule has 0 rings (SSSR count). The highest BCUT2D eigenvalue weighted by molar-refractivity contribution is 7.53. The van der Waals surface area contributed by atoms with Crippen LogP contribution in [0.15, 0.2) is 0 Å². The van der Waals surface area contributed by atoms with E-state index in [4.69, 9.17) is 14.5 Å². The molecule has 194 valence electrons. The third kappa shape index (κ3) is 24.3. The third-order valence-electron chi connectivity index (χ3n) is 5.81. The van der Waals surface area contributed by atoms with E-state index in [0.29, 0.717) is 0 Å². The minimum Gasteiger partial charge on any atom is -0.465 e. The first-order valence-electron chi connectivity index (χ1n) is 13.6. The van der Waals surface area contributed by atoms with Crippen LogP contribution in [0.1, 0.15) is 150 Å². The monoisotopic (exact) mass is 478 g/mol. The highest BCUT2D eigenvalue weighted by Crippen LogP contribution is 2.43. The lowest BCUT2D eigenvalue weighted by Gasteiger charge is -2.15. The zero-order chi connectivity index (χ0) is 24.5. The average Bonchev–Trinajstić information content (AvgIpc) is 2.75. The van der Waals surface area contributed by atoms with Crippen molar-refractivity contribution in [2.24, 2.45) is 0 Å². The SMILES string of the molecule is CCCC.CCCCCCCCCCCCCCCCCCOC(=O)C(CC)P(=O)(O)O. The van der Waals surface area contributed by atoms with Crippen molar-refractivity contribution < 1.29 is 23.9 Å². The molecule has 0 amide bonds. The Kier molecular flexibility index (Phi) is 26.7. The first-order valence-corrected chi connectivity index (χ1v) is 15.2. The van der Waals surface area contributed by atoms with Crippen LogP contribution in [0.2, 0.25) is 0 Å². The van der Waals surface area contributed by atoms with Crippen LogP contribution in [0, 0.1) is 0 Å². The van der Waals surface area contributed by atoms with Gasteiger partial charge in [-0.2, -0.15) is 0 Å². The minimum atomic E-state index is -4.40. The molecule has 32 heavy (non-hydrogen) atoms. The standard InChI is InChI=1S/C22H45O5P.C4H10/c1-3-5-6-7-8-9-10-11-12-13-14-15-16-17-18-19-20-27-22(23)21(4-2)28(24,25)26;1-3-4-2/h21H,3-20H2,1-2H3,(H2,24,25,26);3-4H2,1-2H3. The Balaban J connectivity index is 0. The Bertz CT molecular complexity index is 434. The van der Waals surface area contributed by atoms with Crippen LogP contribution in [0.5, 0.6) is 0 Å². The maximum absolute atomic E-state index is 11.7. The molecule has 0 spiro atoms. The first kappa shape index (κ1) is 33.8. The lowest BCUT2D eigenvalue weighted by molar-refractivity contribution is -0.143. The van der Waals surface area contributed by atoms with Crippen molar-refractivity contribution in [2.75, 3.05) is 6.61 Å². The van der Waals surface area contributed by atoms with Gasteiger partial charge in [0.1, 0.15) is 0 Å². The number of ether oxygens (including phenoxy) is 1. The lowest BCUT2D eigenvalue weighted by Crippen LogP contribution is -2.23. The molecule has 0 bridgehead atoms. The van der Waals surface area contributed by atoms with Crippen LogP contribution in [-0.4, -0.2) is 28.0 Å². The molecule has 0 saturated carbocycles. The predicted molar refractivity (Wildman–Crippen MR) is 137 cm³/mol. The fourth-order valence-corrected chi connectivity index (χ4v) is 4.29. The van der Waals surface area contributed by atoms with E-state index in [-0.39, 0.29) is 13.0 Å². The van der Waals surface area contributed by atoms with Crippen molar-refractivity contribution in [3.05, 3.63) is 0 Å². The first-order chi connectivity index (χ1) is 15.3. The molecule has 2 N–H and O–H groups in total.